The summed E-state index contributed by atoms with van der Waals surface area (Å²) in [6.07, 6.45) is -1.20. The molecule has 0 aromatic heterocycles. The fourth-order valence-corrected chi connectivity index (χ4v) is 3.94. The Bertz CT molecular complexity index is 1130. The SMILES string of the molecule is COc1cc([C@@H]2OC[C@@H](c3ccc(O)c(OC)c3)[C@H](c3ccc(O)c(OC)c3)O2)ccc1O. The van der Waals surface area contributed by atoms with Crippen LogP contribution in [0.25, 0.3) is 0 Å². The average Bonchev–Trinajstić information content (AvgIpc) is 2.84. The van der Waals surface area contributed by atoms with Crippen molar-refractivity contribution in [3.05, 3.63) is 71.3 Å². The van der Waals surface area contributed by atoms with Crippen molar-refractivity contribution in [1.82, 2.24) is 0 Å². The van der Waals surface area contributed by atoms with E-state index in [0.29, 0.717) is 29.4 Å². The van der Waals surface area contributed by atoms with Crippen molar-refractivity contribution in [2.75, 3.05) is 27.9 Å². The lowest BCUT2D eigenvalue weighted by Crippen LogP contribution is -2.29. The van der Waals surface area contributed by atoms with Crippen LogP contribution in [0.2, 0.25) is 0 Å². The minimum atomic E-state index is -0.723. The zero-order chi connectivity index (χ0) is 23.5. The second kappa shape index (κ2) is 9.48. The summed E-state index contributed by atoms with van der Waals surface area (Å²) in [7, 11) is 4.45. The molecule has 3 atom stereocenters. The van der Waals surface area contributed by atoms with E-state index in [4.69, 9.17) is 23.7 Å². The molecule has 8 nitrogen and oxygen atoms in total. The molecule has 0 amide bonds. The van der Waals surface area contributed by atoms with Crippen LogP contribution in [0.4, 0.5) is 0 Å². The summed E-state index contributed by atoms with van der Waals surface area (Å²) in [6.45, 7) is 0.301. The Labute approximate surface area is 191 Å². The van der Waals surface area contributed by atoms with Gasteiger partial charge in [0, 0.05) is 11.5 Å². The molecule has 1 heterocycles. The van der Waals surface area contributed by atoms with Crippen LogP contribution in [0, 0.1) is 0 Å². The van der Waals surface area contributed by atoms with Gasteiger partial charge in [-0.3, -0.25) is 0 Å². The Balaban J connectivity index is 1.73. The number of ether oxygens (including phenoxy) is 5. The lowest BCUT2D eigenvalue weighted by Gasteiger charge is -2.37. The second-order valence-electron chi connectivity index (χ2n) is 7.62. The van der Waals surface area contributed by atoms with Crippen LogP contribution in [-0.2, 0) is 9.47 Å². The zero-order valence-corrected chi connectivity index (χ0v) is 18.5. The Morgan fingerprint density at radius 3 is 1.67 bits per heavy atom. The number of hydrogen-bond acceptors (Lipinski definition) is 8. The molecule has 1 aliphatic heterocycles. The van der Waals surface area contributed by atoms with E-state index in [1.165, 1.54) is 27.4 Å². The van der Waals surface area contributed by atoms with Crippen LogP contribution < -0.4 is 14.2 Å². The van der Waals surface area contributed by atoms with Crippen molar-refractivity contribution in [2.45, 2.75) is 18.3 Å². The molecule has 4 rings (SSSR count). The molecule has 0 bridgehead atoms. The molecule has 0 radical (unpaired) electrons. The summed E-state index contributed by atoms with van der Waals surface area (Å²) in [5.41, 5.74) is 2.31. The van der Waals surface area contributed by atoms with Gasteiger partial charge in [0.1, 0.15) is 0 Å². The van der Waals surface area contributed by atoms with Gasteiger partial charge in [-0.05, 0) is 47.5 Å². The van der Waals surface area contributed by atoms with E-state index < -0.39 is 12.4 Å². The first-order valence-corrected chi connectivity index (χ1v) is 10.3. The van der Waals surface area contributed by atoms with Crippen LogP contribution in [0.5, 0.6) is 34.5 Å². The highest BCUT2D eigenvalue weighted by Gasteiger charge is 2.36. The Hall–Kier alpha value is -3.62. The van der Waals surface area contributed by atoms with Gasteiger partial charge in [0.2, 0.25) is 0 Å². The Morgan fingerprint density at radius 1 is 0.667 bits per heavy atom. The third kappa shape index (κ3) is 4.48. The summed E-state index contributed by atoms with van der Waals surface area (Å²) in [5.74, 6) is 0.821. The summed E-state index contributed by atoms with van der Waals surface area (Å²) < 4.78 is 28.3. The monoisotopic (exact) mass is 454 g/mol. The van der Waals surface area contributed by atoms with Gasteiger partial charge in [-0.15, -0.1) is 0 Å². The maximum absolute atomic E-state index is 10.1. The minimum absolute atomic E-state index is 0.0194. The molecule has 0 spiro atoms. The first-order chi connectivity index (χ1) is 15.9. The smallest absolute Gasteiger partial charge is 0.184 e. The molecular weight excluding hydrogens is 428 g/mol. The first kappa shape index (κ1) is 22.6. The van der Waals surface area contributed by atoms with Crippen LogP contribution >= 0.6 is 0 Å². The van der Waals surface area contributed by atoms with Gasteiger partial charge in [0.05, 0.1) is 34.0 Å². The zero-order valence-electron chi connectivity index (χ0n) is 18.5. The van der Waals surface area contributed by atoms with Gasteiger partial charge in [0.25, 0.3) is 0 Å². The minimum Gasteiger partial charge on any atom is -0.504 e. The molecule has 174 valence electrons. The summed E-state index contributed by atoms with van der Waals surface area (Å²) >= 11 is 0. The quantitative estimate of drug-likeness (QED) is 0.503. The largest absolute Gasteiger partial charge is 0.504 e. The normalized spacial score (nSPS) is 20.3. The number of benzene rings is 3. The van der Waals surface area contributed by atoms with E-state index in [-0.39, 0.29) is 23.2 Å². The summed E-state index contributed by atoms with van der Waals surface area (Å²) in [5, 5.41) is 30.0. The third-order valence-electron chi connectivity index (χ3n) is 5.70. The molecule has 3 aromatic carbocycles. The number of aromatic hydroxyl groups is 3. The molecule has 3 aromatic rings. The van der Waals surface area contributed by atoms with E-state index in [2.05, 4.69) is 0 Å². The highest BCUT2D eigenvalue weighted by atomic mass is 16.7. The number of phenolic OH excluding ortho intramolecular Hbond substituents is 3. The molecule has 8 heteroatoms. The van der Waals surface area contributed by atoms with Gasteiger partial charge in [-0.2, -0.15) is 0 Å². The molecule has 1 saturated heterocycles. The molecule has 1 fully saturated rings. The molecule has 0 aliphatic carbocycles. The van der Waals surface area contributed by atoms with Crippen molar-refractivity contribution in [3.63, 3.8) is 0 Å². The molecule has 1 aliphatic rings. The van der Waals surface area contributed by atoms with E-state index >= 15 is 0 Å². The topological polar surface area (TPSA) is 107 Å². The molecular formula is C25H26O8. The predicted octanol–water partition coefficient (Wildman–Crippen LogP) is 4.40. The van der Waals surface area contributed by atoms with E-state index in [1.54, 1.807) is 48.5 Å². The number of phenols is 3. The van der Waals surface area contributed by atoms with Gasteiger partial charge >= 0.3 is 0 Å². The van der Waals surface area contributed by atoms with Crippen molar-refractivity contribution in [2.24, 2.45) is 0 Å². The average molecular weight is 454 g/mol. The van der Waals surface area contributed by atoms with Crippen molar-refractivity contribution in [3.8, 4) is 34.5 Å². The Kier molecular flexibility index (Phi) is 6.48. The fourth-order valence-electron chi connectivity index (χ4n) is 3.94. The number of hydrogen-bond donors (Lipinski definition) is 3. The third-order valence-corrected chi connectivity index (χ3v) is 5.70. The predicted molar refractivity (Wildman–Crippen MR) is 119 cm³/mol. The van der Waals surface area contributed by atoms with Gasteiger partial charge in [0.15, 0.2) is 40.8 Å². The standard InChI is InChI=1S/C25H26O8/c1-29-21-10-14(4-7-18(21)26)17-13-32-25(16-6-9-20(28)23(12-16)31-3)33-24(17)15-5-8-19(27)22(11-15)30-2/h4-12,17,24-28H,13H2,1-3H3/t17-,24-,25+/m0/s1. The highest BCUT2D eigenvalue weighted by Crippen LogP contribution is 2.46. The fraction of sp³-hybridized carbons (Fsp3) is 0.280. The lowest BCUT2D eigenvalue weighted by atomic mass is 9.88. The van der Waals surface area contributed by atoms with E-state index in [9.17, 15) is 15.3 Å². The number of methoxy groups -OCH3 is 3. The van der Waals surface area contributed by atoms with Crippen molar-refractivity contribution >= 4 is 0 Å². The van der Waals surface area contributed by atoms with E-state index in [1.807, 2.05) is 0 Å². The van der Waals surface area contributed by atoms with Gasteiger partial charge < -0.3 is 39.0 Å². The second-order valence-corrected chi connectivity index (χ2v) is 7.62. The molecule has 0 saturated carbocycles. The molecule has 33 heavy (non-hydrogen) atoms. The summed E-state index contributed by atoms with van der Waals surface area (Å²) in [6, 6.07) is 15.1. The number of rotatable bonds is 6. The lowest BCUT2D eigenvalue weighted by molar-refractivity contribution is -0.229. The Morgan fingerprint density at radius 2 is 1.12 bits per heavy atom. The summed E-state index contributed by atoms with van der Waals surface area (Å²) in [4.78, 5) is 0. The highest BCUT2D eigenvalue weighted by molar-refractivity contribution is 5.46. The van der Waals surface area contributed by atoms with Crippen LogP contribution in [0.1, 0.15) is 35.0 Å². The van der Waals surface area contributed by atoms with Crippen molar-refractivity contribution in [1.29, 1.82) is 0 Å². The van der Waals surface area contributed by atoms with Crippen LogP contribution in [-0.4, -0.2) is 43.3 Å². The van der Waals surface area contributed by atoms with Crippen molar-refractivity contribution < 1.29 is 39.0 Å². The molecule has 3 N–H and O–H groups in total. The maximum atomic E-state index is 10.1. The van der Waals surface area contributed by atoms with Gasteiger partial charge in [-0.1, -0.05) is 18.2 Å². The first-order valence-electron chi connectivity index (χ1n) is 10.3. The molecule has 0 unspecified atom stereocenters. The van der Waals surface area contributed by atoms with Crippen LogP contribution in [0.3, 0.4) is 0 Å². The van der Waals surface area contributed by atoms with E-state index in [0.717, 1.165) is 11.1 Å². The maximum Gasteiger partial charge on any atom is 0.184 e. The van der Waals surface area contributed by atoms with Gasteiger partial charge in [-0.25, -0.2) is 0 Å². The van der Waals surface area contributed by atoms with Crippen LogP contribution in [0.15, 0.2) is 54.6 Å².